The maximum absolute atomic E-state index is 13.1. The molecule has 0 atom stereocenters. The molecule has 0 saturated carbocycles. The number of aryl methyl sites for hydroxylation is 2. The van der Waals surface area contributed by atoms with Gasteiger partial charge in [-0.05, 0) is 74.9 Å². The normalized spacial score (nSPS) is 13.2. The largest absolute Gasteiger partial charge is 0.289 e. The van der Waals surface area contributed by atoms with Gasteiger partial charge < -0.3 is 0 Å². The van der Waals surface area contributed by atoms with Gasteiger partial charge in [0.1, 0.15) is 0 Å². The Balaban J connectivity index is 2.50. The van der Waals surface area contributed by atoms with Crippen LogP contribution in [0.15, 0.2) is 12.1 Å². The van der Waals surface area contributed by atoms with E-state index >= 15 is 0 Å². The van der Waals surface area contributed by atoms with E-state index in [0.717, 1.165) is 33.4 Å². The summed E-state index contributed by atoms with van der Waals surface area (Å²) < 4.78 is 0. The van der Waals surface area contributed by atoms with Gasteiger partial charge in [0.15, 0.2) is 11.6 Å². The van der Waals surface area contributed by atoms with Crippen molar-refractivity contribution in [2.24, 2.45) is 0 Å². The molecule has 1 aliphatic carbocycles. The van der Waals surface area contributed by atoms with Gasteiger partial charge in [0.25, 0.3) is 0 Å². The quantitative estimate of drug-likeness (QED) is 0.618. The molecule has 0 amide bonds. The molecule has 2 heteroatoms. The molecule has 0 saturated heterocycles. The van der Waals surface area contributed by atoms with Crippen molar-refractivity contribution < 1.29 is 9.59 Å². The van der Waals surface area contributed by atoms with Crippen LogP contribution >= 0.6 is 0 Å². The van der Waals surface area contributed by atoms with Crippen molar-refractivity contribution >= 4 is 11.6 Å². The fraction of sp³-hybridized carbons (Fsp3) is 0.300. The fourth-order valence-corrected chi connectivity index (χ4v) is 3.53. The van der Waals surface area contributed by atoms with E-state index in [2.05, 4.69) is 0 Å². The molecule has 112 valence electrons. The molecular formula is C20H20O2. The molecule has 0 heterocycles. The monoisotopic (exact) mass is 292 g/mol. The van der Waals surface area contributed by atoms with Crippen molar-refractivity contribution in [1.29, 1.82) is 0 Å². The molecule has 2 aromatic rings. The zero-order valence-electron chi connectivity index (χ0n) is 14.0. The molecule has 3 rings (SSSR count). The van der Waals surface area contributed by atoms with Gasteiger partial charge in [-0.25, -0.2) is 0 Å². The summed E-state index contributed by atoms with van der Waals surface area (Å²) in [6.07, 6.45) is 0. The first-order chi connectivity index (χ1) is 10.3. The Morgan fingerprint density at radius 1 is 0.500 bits per heavy atom. The molecule has 22 heavy (non-hydrogen) atoms. The Labute approximate surface area is 131 Å². The van der Waals surface area contributed by atoms with Crippen molar-refractivity contribution in [3.8, 4) is 0 Å². The number of carbonyl (C=O) groups excluding carboxylic acids is 2. The van der Waals surface area contributed by atoms with E-state index in [4.69, 9.17) is 0 Å². The van der Waals surface area contributed by atoms with Crippen LogP contribution in [-0.4, -0.2) is 11.6 Å². The number of hydrogen-bond donors (Lipinski definition) is 0. The van der Waals surface area contributed by atoms with Crippen LogP contribution in [0.5, 0.6) is 0 Å². The Bertz CT molecular complexity index is 798. The molecule has 0 N–H and O–H groups in total. The molecule has 1 aliphatic rings. The van der Waals surface area contributed by atoms with Crippen molar-refractivity contribution in [2.75, 3.05) is 0 Å². The number of hydrogen-bond acceptors (Lipinski definition) is 2. The van der Waals surface area contributed by atoms with Gasteiger partial charge in [0, 0.05) is 22.3 Å². The van der Waals surface area contributed by atoms with E-state index in [1.165, 1.54) is 0 Å². The molecule has 0 bridgehead atoms. The first-order valence-electron chi connectivity index (χ1n) is 7.57. The highest BCUT2D eigenvalue weighted by Gasteiger charge is 2.35. The molecule has 0 fully saturated rings. The average molecular weight is 292 g/mol. The average Bonchev–Trinajstić information content (AvgIpc) is 2.48. The Morgan fingerprint density at radius 3 is 1.14 bits per heavy atom. The first kappa shape index (κ1) is 14.7. The fourth-order valence-electron chi connectivity index (χ4n) is 3.53. The number of rotatable bonds is 0. The molecule has 0 aromatic heterocycles. The summed E-state index contributed by atoms with van der Waals surface area (Å²) in [5.74, 6) is -0.0102. The van der Waals surface area contributed by atoms with E-state index in [1.807, 2.05) is 53.7 Å². The molecular weight excluding hydrogens is 272 g/mol. The van der Waals surface area contributed by atoms with Gasteiger partial charge in [0.2, 0.25) is 0 Å². The van der Waals surface area contributed by atoms with Gasteiger partial charge in [-0.15, -0.1) is 0 Å². The second kappa shape index (κ2) is 4.64. The van der Waals surface area contributed by atoms with Crippen LogP contribution in [0.3, 0.4) is 0 Å². The molecule has 0 unspecified atom stereocenters. The number of carbonyl (C=O) groups is 2. The third-order valence-corrected chi connectivity index (χ3v) is 5.22. The van der Waals surface area contributed by atoms with Crippen LogP contribution in [-0.2, 0) is 0 Å². The van der Waals surface area contributed by atoms with Crippen LogP contribution in [0.2, 0.25) is 0 Å². The Kier molecular flexibility index (Phi) is 3.10. The summed E-state index contributed by atoms with van der Waals surface area (Å²) in [6, 6.07) is 3.85. The lowest BCUT2D eigenvalue weighted by Crippen LogP contribution is -2.26. The van der Waals surface area contributed by atoms with Crippen LogP contribution in [0.25, 0.3) is 0 Å². The predicted molar refractivity (Wildman–Crippen MR) is 88.2 cm³/mol. The minimum Gasteiger partial charge on any atom is -0.289 e. The molecule has 0 radical (unpaired) electrons. The lowest BCUT2D eigenvalue weighted by molar-refractivity contribution is 0.0976. The van der Waals surface area contributed by atoms with Gasteiger partial charge in [-0.2, -0.15) is 0 Å². The summed E-state index contributed by atoms with van der Waals surface area (Å²) in [5, 5.41) is 0. The molecule has 0 spiro atoms. The Morgan fingerprint density at radius 2 is 0.818 bits per heavy atom. The van der Waals surface area contributed by atoms with Crippen LogP contribution < -0.4 is 0 Å². The van der Waals surface area contributed by atoms with Crippen molar-refractivity contribution in [1.82, 2.24) is 0 Å². The third-order valence-electron chi connectivity index (χ3n) is 5.22. The topological polar surface area (TPSA) is 34.1 Å². The number of benzene rings is 2. The second-order valence-electron chi connectivity index (χ2n) is 6.36. The van der Waals surface area contributed by atoms with E-state index in [-0.39, 0.29) is 11.6 Å². The summed E-state index contributed by atoms with van der Waals surface area (Å²) in [4.78, 5) is 26.2. The van der Waals surface area contributed by atoms with Gasteiger partial charge in [-0.3, -0.25) is 9.59 Å². The van der Waals surface area contributed by atoms with Gasteiger partial charge in [0.05, 0.1) is 0 Å². The highest BCUT2D eigenvalue weighted by atomic mass is 16.1. The maximum Gasteiger partial charge on any atom is 0.195 e. The molecule has 0 aliphatic heterocycles. The molecule has 2 aromatic carbocycles. The van der Waals surface area contributed by atoms with E-state index < -0.39 is 0 Å². The lowest BCUT2D eigenvalue weighted by Gasteiger charge is -2.26. The third kappa shape index (κ3) is 1.67. The van der Waals surface area contributed by atoms with Crippen LogP contribution in [0.4, 0.5) is 0 Å². The van der Waals surface area contributed by atoms with Crippen molar-refractivity contribution in [3.05, 3.63) is 67.8 Å². The summed E-state index contributed by atoms with van der Waals surface area (Å²) in [5.41, 5.74) is 8.20. The smallest absolute Gasteiger partial charge is 0.195 e. The van der Waals surface area contributed by atoms with Gasteiger partial charge >= 0.3 is 0 Å². The summed E-state index contributed by atoms with van der Waals surface area (Å²) in [6.45, 7) is 11.7. The SMILES string of the molecule is Cc1ccc(C)c2c1C(=O)c1c(C)c(C)c(C)c(C)c1C2=O. The van der Waals surface area contributed by atoms with Crippen molar-refractivity contribution in [3.63, 3.8) is 0 Å². The summed E-state index contributed by atoms with van der Waals surface area (Å²) >= 11 is 0. The van der Waals surface area contributed by atoms with Crippen LogP contribution in [0, 0.1) is 41.5 Å². The summed E-state index contributed by atoms with van der Waals surface area (Å²) in [7, 11) is 0. The zero-order chi connectivity index (χ0) is 16.3. The lowest BCUT2D eigenvalue weighted by atomic mass is 9.75. The number of ketones is 2. The van der Waals surface area contributed by atoms with E-state index in [1.54, 1.807) is 0 Å². The zero-order valence-corrected chi connectivity index (χ0v) is 14.0. The maximum atomic E-state index is 13.1. The van der Waals surface area contributed by atoms with Crippen LogP contribution in [0.1, 0.15) is 65.2 Å². The predicted octanol–water partition coefficient (Wildman–Crippen LogP) is 4.31. The molecule has 2 nitrogen and oxygen atoms in total. The van der Waals surface area contributed by atoms with Gasteiger partial charge in [-0.1, -0.05) is 12.1 Å². The highest BCUT2D eigenvalue weighted by Crippen LogP contribution is 2.37. The minimum absolute atomic E-state index is 0.00509. The standard InChI is InChI=1S/C20H20O2/c1-9-7-8-10(2)16-15(9)19(21)17-13(5)11(3)12(4)14(6)18(17)20(16)22/h7-8H,1-6H3. The number of fused-ring (bicyclic) bond motifs is 2. The Hall–Kier alpha value is -2.22. The minimum atomic E-state index is -0.00509. The first-order valence-corrected chi connectivity index (χ1v) is 7.57. The van der Waals surface area contributed by atoms with E-state index in [9.17, 15) is 9.59 Å². The van der Waals surface area contributed by atoms with E-state index in [0.29, 0.717) is 22.3 Å². The second-order valence-corrected chi connectivity index (χ2v) is 6.36. The highest BCUT2D eigenvalue weighted by molar-refractivity contribution is 6.30. The van der Waals surface area contributed by atoms with Crippen molar-refractivity contribution in [2.45, 2.75) is 41.5 Å².